The van der Waals surface area contributed by atoms with Crippen LogP contribution in [0.1, 0.15) is 29.8 Å². The number of methoxy groups -OCH3 is 1. The van der Waals surface area contributed by atoms with E-state index in [2.05, 4.69) is 34.3 Å². The molecule has 188 valence electrons. The van der Waals surface area contributed by atoms with E-state index >= 15 is 0 Å². The molecule has 3 rings (SSSR count). The molecule has 35 heavy (non-hydrogen) atoms. The third kappa shape index (κ3) is 7.71. The molecule has 2 amide bonds. The summed E-state index contributed by atoms with van der Waals surface area (Å²) in [5.41, 5.74) is 1.88. The number of hydrogen-bond donors (Lipinski definition) is 3. The number of anilines is 2. The Balaban J connectivity index is 1.58. The second kappa shape index (κ2) is 12.2. The van der Waals surface area contributed by atoms with Crippen molar-refractivity contribution in [2.45, 2.75) is 20.3 Å². The van der Waals surface area contributed by atoms with Gasteiger partial charge in [0.05, 0.1) is 31.3 Å². The van der Waals surface area contributed by atoms with Gasteiger partial charge in [-0.3, -0.25) is 14.5 Å². The van der Waals surface area contributed by atoms with Crippen molar-refractivity contribution in [3.05, 3.63) is 53.6 Å². The molecule has 1 heterocycles. The molecular formula is C26H34N4O5. The molecule has 2 aromatic carbocycles. The van der Waals surface area contributed by atoms with Gasteiger partial charge >= 0.3 is 5.97 Å². The second-order valence-corrected chi connectivity index (χ2v) is 9.07. The molecule has 1 fully saturated rings. The van der Waals surface area contributed by atoms with Gasteiger partial charge in [-0.2, -0.15) is 0 Å². The summed E-state index contributed by atoms with van der Waals surface area (Å²) < 4.78 is 5.12. The second-order valence-electron chi connectivity index (χ2n) is 9.07. The topological polar surface area (TPSA) is 111 Å². The maximum Gasteiger partial charge on any atom is 0.337 e. The van der Waals surface area contributed by atoms with E-state index in [1.54, 1.807) is 43.5 Å². The summed E-state index contributed by atoms with van der Waals surface area (Å²) in [5, 5.41) is 15.4. The Bertz CT molecular complexity index is 1030. The van der Waals surface area contributed by atoms with Crippen molar-refractivity contribution in [1.29, 1.82) is 0 Å². The fraction of sp³-hybridized carbons (Fsp3) is 0.423. The summed E-state index contributed by atoms with van der Waals surface area (Å²) in [7, 11) is 1.58. The van der Waals surface area contributed by atoms with Crippen LogP contribution in [0.3, 0.4) is 0 Å². The number of carboxylic acid groups (broad SMARTS) is 1. The van der Waals surface area contributed by atoms with E-state index in [0.29, 0.717) is 50.9 Å². The summed E-state index contributed by atoms with van der Waals surface area (Å²) in [6.45, 7) is 7.92. The van der Waals surface area contributed by atoms with Gasteiger partial charge in [-0.05, 0) is 41.8 Å². The van der Waals surface area contributed by atoms with Crippen molar-refractivity contribution < 1.29 is 24.2 Å². The van der Waals surface area contributed by atoms with Gasteiger partial charge < -0.3 is 25.4 Å². The summed E-state index contributed by atoms with van der Waals surface area (Å²) in [6.07, 6.45) is 0.123. The van der Waals surface area contributed by atoms with E-state index in [-0.39, 0.29) is 29.5 Å². The summed E-state index contributed by atoms with van der Waals surface area (Å²) in [4.78, 5) is 40.7. The first kappa shape index (κ1) is 26.0. The zero-order chi connectivity index (χ0) is 25.4. The summed E-state index contributed by atoms with van der Waals surface area (Å²) in [5.74, 6) is -0.264. The van der Waals surface area contributed by atoms with Gasteiger partial charge in [-0.25, -0.2) is 4.79 Å². The van der Waals surface area contributed by atoms with Crippen LogP contribution in [0.2, 0.25) is 0 Å². The lowest BCUT2D eigenvalue weighted by Crippen LogP contribution is -2.49. The molecule has 9 nitrogen and oxygen atoms in total. The number of rotatable bonds is 10. The Hall–Kier alpha value is -3.59. The molecular weight excluding hydrogens is 448 g/mol. The van der Waals surface area contributed by atoms with Crippen LogP contribution in [-0.4, -0.2) is 74.2 Å². The van der Waals surface area contributed by atoms with E-state index in [4.69, 9.17) is 4.74 Å². The fourth-order valence-corrected chi connectivity index (χ4v) is 3.88. The number of nitrogens with one attached hydrogen (secondary N) is 2. The molecule has 0 aliphatic carbocycles. The normalized spacial score (nSPS) is 14.0. The highest BCUT2D eigenvalue weighted by atomic mass is 16.5. The number of carboxylic acids is 1. The number of nitrogens with zero attached hydrogens (tertiary/aromatic N) is 2. The van der Waals surface area contributed by atoms with E-state index in [1.165, 1.54) is 0 Å². The van der Waals surface area contributed by atoms with Crippen molar-refractivity contribution in [3.8, 4) is 5.75 Å². The first-order chi connectivity index (χ1) is 16.7. The SMILES string of the molecule is COc1ccc(CC(=O)Nc2ccc(N3CCN(CC(=O)NCC(C)C)CC3)cc2C(=O)O)cc1. The van der Waals surface area contributed by atoms with Gasteiger partial charge in [0.25, 0.3) is 0 Å². The van der Waals surface area contributed by atoms with Crippen LogP contribution in [0, 0.1) is 5.92 Å². The predicted octanol–water partition coefficient (Wildman–Crippen LogP) is 2.47. The van der Waals surface area contributed by atoms with E-state index in [1.807, 2.05) is 6.07 Å². The van der Waals surface area contributed by atoms with E-state index < -0.39 is 5.97 Å². The van der Waals surface area contributed by atoms with Gasteiger partial charge in [0, 0.05) is 38.4 Å². The molecule has 0 atom stereocenters. The van der Waals surface area contributed by atoms with Crippen molar-refractivity contribution >= 4 is 29.2 Å². The largest absolute Gasteiger partial charge is 0.497 e. The standard InChI is InChI=1S/C26H34N4O5/c1-18(2)16-27-25(32)17-29-10-12-30(13-11-29)20-6-9-23(22(15-20)26(33)34)28-24(31)14-19-4-7-21(35-3)8-5-19/h4-9,15,18H,10-14,16-17H2,1-3H3,(H,27,32)(H,28,31)(H,33,34). The average Bonchev–Trinajstić information content (AvgIpc) is 2.84. The Morgan fingerprint density at radius 3 is 2.29 bits per heavy atom. The number of hydrogen-bond acceptors (Lipinski definition) is 6. The van der Waals surface area contributed by atoms with Gasteiger partial charge in [-0.1, -0.05) is 26.0 Å². The molecule has 1 aliphatic heterocycles. The molecule has 0 aromatic heterocycles. The van der Waals surface area contributed by atoms with Crippen molar-refractivity contribution in [2.24, 2.45) is 5.92 Å². The van der Waals surface area contributed by atoms with Crippen LogP contribution in [0.5, 0.6) is 5.75 Å². The maximum atomic E-state index is 12.5. The first-order valence-corrected chi connectivity index (χ1v) is 11.8. The van der Waals surface area contributed by atoms with Crippen LogP contribution in [0.4, 0.5) is 11.4 Å². The van der Waals surface area contributed by atoms with Gasteiger partial charge in [0.1, 0.15) is 5.75 Å². The minimum Gasteiger partial charge on any atom is -0.497 e. The third-order valence-corrected chi connectivity index (χ3v) is 5.84. The molecule has 1 saturated heterocycles. The lowest BCUT2D eigenvalue weighted by Gasteiger charge is -2.36. The fourth-order valence-electron chi connectivity index (χ4n) is 3.88. The zero-order valence-electron chi connectivity index (χ0n) is 20.5. The first-order valence-electron chi connectivity index (χ1n) is 11.8. The van der Waals surface area contributed by atoms with Crippen LogP contribution < -0.4 is 20.3 Å². The minimum absolute atomic E-state index is 0.0232. The summed E-state index contributed by atoms with van der Waals surface area (Å²) in [6, 6.07) is 12.2. The number of benzene rings is 2. The highest BCUT2D eigenvalue weighted by Gasteiger charge is 2.21. The molecule has 0 bridgehead atoms. The molecule has 9 heteroatoms. The van der Waals surface area contributed by atoms with E-state index in [9.17, 15) is 19.5 Å². The highest BCUT2D eigenvalue weighted by molar-refractivity contribution is 6.01. The Kier molecular flexibility index (Phi) is 9.08. The van der Waals surface area contributed by atoms with Crippen LogP contribution >= 0.6 is 0 Å². The smallest absolute Gasteiger partial charge is 0.337 e. The Morgan fingerprint density at radius 1 is 1.00 bits per heavy atom. The average molecular weight is 483 g/mol. The molecule has 0 saturated carbocycles. The van der Waals surface area contributed by atoms with Gasteiger partial charge in [0.15, 0.2) is 0 Å². The molecule has 3 N–H and O–H groups in total. The van der Waals surface area contributed by atoms with Crippen molar-refractivity contribution in [2.75, 3.05) is 56.6 Å². The van der Waals surface area contributed by atoms with Crippen molar-refractivity contribution in [3.63, 3.8) is 0 Å². The number of carbonyl (C=O) groups is 3. The van der Waals surface area contributed by atoms with Crippen LogP contribution in [0.25, 0.3) is 0 Å². The number of ether oxygens (including phenoxy) is 1. The van der Waals surface area contributed by atoms with Gasteiger partial charge in [-0.15, -0.1) is 0 Å². The third-order valence-electron chi connectivity index (χ3n) is 5.84. The lowest BCUT2D eigenvalue weighted by atomic mass is 10.1. The lowest BCUT2D eigenvalue weighted by molar-refractivity contribution is -0.122. The molecule has 1 aliphatic rings. The van der Waals surface area contributed by atoms with Crippen LogP contribution in [-0.2, 0) is 16.0 Å². The van der Waals surface area contributed by atoms with E-state index in [0.717, 1.165) is 11.3 Å². The molecule has 0 spiro atoms. The predicted molar refractivity (Wildman–Crippen MR) is 135 cm³/mol. The number of piperazine rings is 1. The van der Waals surface area contributed by atoms with Gasteiger partial charge in [0.2, 0.25) is 11.8 Å². The monoisotopic (exact) mass is 482 g/mol. The quantitative estimate of drug-likeness (QED) is 0.477. The Morgan fingerprint density at radius 2 is 1.69 bits per heavy atom. The molecule has 0 radical (unpaired) electrons. The minimum atomic E-state index is -1.10. The maximum absolute atomic E-state index is 12.5. The highest BCUT2D eigenvalue weighted by Crippen LogP contribution is 2.25. The number of carbonyl (C=O) groups excluding carboxylic acids is 2. The zero-order valence-corrected chi connectivity index (χ0v) is 20.5. The summed E-state index contributed by atoms with van der Waals surface area (Å²) >= 11 is 0. The Labute approximate surface area is 206 Å². The number of aromatic carboxylic acids is 1. The molecule has 0 unspecified atom stereocenters. The van der Waals surface area contributed by atoms with Crippen LogP contribution in [0.15, 0.2) is 42.5 Å². The number of amides is 2. The van der Waals surface area contributed by atoms with Crippen molar-refractivity contribution in [1.82, 2.24) is 10.2 Å². The molecule has 2 aromatic rings.